The van der Waals surface area contributed by atoms with Crippen molar-refractivity contribution in [3.63, 3.8) is 0 Å². The Bertz CT molecular complexity index is 394. The summed E-state index contributed by atoms with van der Waals surface area (Å²) in [7, 11) is 1.69. The number of carbonyl (C=O) groups is 1. The Morgan fingerprint density at radius 1 is 1.31 bits per heavy atom. The highest BCUT2D eigenvalue weighted by Gasteiger charge is 2.17. The second kappa shape index (κ2) is 5.15. The topological polar surface area (TPSA) is 26.3 Å². The zero-order valence-corrected chi connectivity index (χ0v) is 10.8. The fourth-order valence-electron chi connectivity index (χ4n) is 2.21. The van der Waals surface area contributed by atoms with E-state index < -0.39 is 0 Å². The van der Waals surface area contributed by atoms with E-state index in [0.717, 1.165) is 17.6 Å². The fraction of sp³-hybridized carbons (Fsp3) is 0.500. The summed E-state index contributed by atoms with van der Waals surface area (Å²) in [5.74, 6) is 1.15. The smallest absolute Gasteiger partial charge is 0.125 e. The first kappa shape index (κ1) is 12.8. The van der Waals surface area contributed by atoms with Crippen LogP contribution in [-0.2, 0) is 4.79 Å². The van der Waals surface area contributed by atoms with Gasteiger partial charge in [-0.1, -0.05) is 13.0 Å². The van der Waals surface area contributed by atoms with E-state index in [-0.39, 0.29) is 5.92 Å². The van der Waals surface area contributed by atoms with Crippen molar-refractivity contribution in [1.82, 2.24) is 0 Å². The van der Waals surface area contributed by atoms with Crippen molar-refractivity contribution in [2.75, 3.05) is 7.11 Å². The third kappa shape index (κ3) is 2.26. The average molecular weight is 220 g/mol. The van der Waals surface area contributed by atoms with Gasteiger partial charge in [-0.15, -0.1) is 0 Å². The number of benzene rings is 1. The van der Waals surface area contributed by atoms with Crippen molar-refractivity contribution in [3.05, 3.63) is 28.3 Å². The van der Waals surface area contributed by atoms with Gasteiger partial charge >= 0.3 is 0 Å². The van der Waals surface area contributed by atoms with Crippen LogP contribution >= 0.6 is 0 Å². The summed E-state index contributed by atoms with van der Waals surface area (Å²) in [4.78, 5) is 10.6. The van der Waals surface area contributed by atoms with E-state index in [1.54, 1.807) is 7.11 Å². The molecule has 0 heterocycles. The Labute approximate surface area is 97.6 Å². The zero-order chi connectivity index (χ0) is 12.3. The molecule has 0 aliphatic heterocycles. The summed E-state index contributed by atoms with van der Waals surface area (Å²) in [6.45, 7) is 8.28. The number of ether oxygens (including phenoxy) is 1. The van der Waals surface area contributed by atoms with Crippen molar-refractivity contribution in [3.8, 4) is 5.75 Å². The lowest BCUT2D eigenvalue weighted by Crippen LogP contribution is -2.04. The van der Waals surface area contributed by atoms with Crippen molar-refractivity contribution in [2.45, 2.75) is 40.0 Å². The Morgan fingerprint density at radius 3 is 2.44 bits per heavy atom. The molecule has 0 saturated heterocycles. The maximum atomic E-state index is 10.6. The molecule has 0 amide bonds. The average Bonchev–Trinajstić information content (AvgIpc) is 2.23. The van der Waals surface area contributed by atoms with Gasteiger partial charge in [0.2, 0.25) is 0 Å². The van der Waals surface area contributed by atoms with Crippen molar-refractivity contribution >= 4 is 6.29 Å². The molecule has 0 N–H and O–H groups in total. The standard InChI is InChI=1S/C14H20O2/c1-9(6-7-15)13-11(3)8-10(2)12(4)14(13)16-5/h7-9H,6H2,1-5H3. The Kier molecular flexibility index (Phi) is 4.11. The molecule has 0 bridgehead atoms. The quantitative estimate of drug-likeness (QED) is 0.728. The van der Waals surface area contributed by atoms with E-state index in [0.29, 0.717) is 6.42 Å². The predicted octanol–water partition coefficient (Wildman–Crippen LogP) is 3.31. The summed E-state index contributed by atoms with van der Waals surface area (Å²) in [5, 5.41) is 0. The predicted molar refractivity (Wildman–Crippen MR) is 66.3 cm³/mol. The number of methoxy groups -OCH3 is 1. The number of hydrogen-bond donors (Lipinski definition) is 0. The van der Waals surface area contributed by atoms with E-state index >= 15 is 0 Å². The van der Waals surface area contributed by atoms with Gasteiger partial charge in [0, 0.05) is 12.0 Å². The van der Waals surface area contributed by atoms with Gasteiger partial charge in [0.25, 0.3) is 0 Å². The first-order valence-corrected chi connectivity index (χ1v) is 5.61. The van der Waals surface area contributed by atoms with Gasteiger partial charge in [-0.25, -0.2) is 0 Å². The van der Waals surface area contributed by atoms with E-state index in [1.165, 1.54) is 16.7 Å². The lowest BCUT2D eigenvalue weighted by molar-refractivity contribution is -0.108. The van der Waals surface area contributed by atoms with E-state index in [1.807, 2.05) is 0 Å². The maximum absolute atomic E-state index is 10.6. The van der Waals surface area contributed by atoms with Crippen LogP contribution in [-0.4, -0.2) is 13.4 Å². The zero-order valence-electron chi connectivity index (χ0n) is 10.8. The maximum Gasteiger partial charge on any atom is 0.125 e. The second-order valence-corrected chi connectivity index (χ2v) is 4.39. The second-order valence-electron chi connectivity index (χ2n) is 4.39. The molecule has 1 rings (SSSR count). The van der Waals surface area contributed by atoms with Crippen LogP contribution in [0.25, 0.3) is 0 Å². The molecule has 16 heavy (non-hydrogen) atoms. The number of rotatable bonds is 4. The van der Waals surface area contributed by atoms with Gasteiger partial charge in [-0.3, -0.25) is 0 Å². The van der Waals surface area contributed by atoms with Gasteiger partial charge < -0.3 is 9.53 Å². The minimum absolute atomic E-state index is 0.215. The summed E-state index contributed by atoms with van der Waals surface area (Å²) in [5.41, 5.74) is 4.77. The van der Waals surface area contributed by atoms with Crippen molar-refractivity contribution < 1.29 is 9.53 Å². The first-order valence-electron chi connectivity index (χ1n) is 5.61. The van der Waals surface area contributed by atoms with E-state index in [4.69, 9.17) is 4.74 Å². The van der Waals surface area contributed by atoms with Crippen LogP contribution in [0.5, 0.6) is 5.75 Å². The molecule has 2 heteroatoms. The third-order valence-corrected chi connectivity index (χ3v) is 3.18. The largest absolute Gasteiger partial charge is 0.496 e. The number of aldehydes is 1. The van der Waals surface area contributed by atoms with E-state index in [9.17, 15) is 4.79 Å². The van der Waals surface area contributed by atoms with Gasteiger partial charge in [0.15, 0.2) is 0 Å². The first-order chi connectivity index (χ1) is 7.52. The molecule has 1 aromatic rings. The number of aryl methyl sites for hydroxylation is 2. The highest BCUT2D eigenvalue weighted by atomic mass is 16.5. The normalized spacial score (nSPS) is 12.3. The van der Waals surface area contributed by atoms with Crippen LogP contribution in [0, 0.1) is 20.8 Å². The number of carbonyl (C=O) groups excluding carboxylic acids is 1. The lowest BCUT2D eigenvalue weighted by Gasteiger charge is -2.20. The van der Waals surface area contributed by atoms with Crippen molar-refractivity contribution in [2.24, 2.45) is 0 Å². The minimum Gasteiger partial charge on any atom is -0.496 e. The van der Waals surface area contributed by atoms with Crippen LogP contribution in [0.3, 0.4) is 0 Å². The Balaban J connectivity index is 3.35. The molecular formula is C14H20O2. The third-order valence-electron chi connectivity index (χ3n) is 3.18. The van der Waals surface area contributed by atoms with Gasteiger partial charge in [0.1, 0.15) is 12.0 Å². The molecular weight excluding hydrogens is 200 g/mol. The number of hydrogen-bond acceptors (Lipinski definition) is 2. The molecule has 2 nitrogen and oxygen atoms in total. The molecule has 0 aromatic heterocycles. The highest BCUT2D eigenvalue weighted by Crippen LogP contribution is 2.35. The van der Waals surface area contributed by atoms with Gasteiger partial charge in [0.05, 0.1) is 7.11 Å². The molecule has 0 fully saturated rings. The van der Waals surface area contributed by atoms with Crippen LogP contribution in [0.1, 0.15) is 41.5 Å². The molecule has 0 aliphatic rings. The Morgan fingerprint density at radius 2 is 1.94 bits per heavy atom. The monoisotopic (exact) mass is 220 g/mol. The molecule has 0 aliphatic carbocycles. The van der Waals surface area contributed by atoms with Crippen LogP contribution in [0.15, 0.2) is 6.07 Å². The van der Waals surface area contributed by atoms with Gasteiger partial charge in [-0.05, 0) is 43.4 Å². The van der Waals surface area contributed by atoms with Crippen LogP contribution in [0.2, 0.25) is 0 Å². The summed E-state index contributed by atoms with van der Waals surface area (Å²) in [6, 6.07) is 2.16. The van der Waals surface area contributed by atoms with E-state index in [2.05, 4.69) is 33.8 Å². The van der Waals surface area contributed by atoms with Crippen LogP contribution in [0.4, 0.5) is 0 Å². The summed E-state index contributed by atoms with van der Waals surface area (Å²) >= 11 is 0. The molecule has 1 aromatic carbocycles. The summed E-state index contributed by atoms with van der Waals surface area (Å²) in [6.07, 6.45) is 1.51. The van der Waals surface area contributed by atoms with Crippen molar-refractivity contribution in [1.29, 1.82) is 0 Å². The molecule has 0 radical (unpaired) electrons. The summed E-state index contributed by atoms with van der Waals surface area (Å²) < 4.78 is 5.49. The minimum atomic E-state index is 0.215. The van der Waals surface area contributed by atoms with Gasteiger partial charge in [-0.2, -0.15) is 0 Å². The SMILES string of the molecule is COc1c(C)c(C)cc(C)c1C(C)CC=O. The Hall–Kier alpha value is -1.31. The fourth-order valence-corrected chi connectivity index (χ4v) is 2.21. The molecule has 0 saturated carbocycles. The lowest BCUT2D eigenvalue weighted by atomic mass is 9.89. The molecule has 0 spiro atoms. The highest BCUT2D eigenvalue weighted by molar-refractivity contribution is 5.56. The molecule has 1 unspecified atom stereocenters. The molecule has 88 valence electrons. The van der Waals surface area contributed by atoms with Crippen LogP contribution < -0.4 is 4.74 Å². The molecule has 1 atom stereocenters.